The van der Waals surface area contributed by atoms with Crippen molar-refractivity contribution >= 4 is 84.3 Å². The monoisotopic (exact) mass is 779 g/mol. The largest absolute Gasteiger partial charge is 0.454 e. The van der Waals surface area contributed by atoms with Crippen molar-refractivity contribution in [3.8, 4) is 0 Å². The minimum atomic E-state index is -0.168. The number of benzene rings is 6. The molecule has 0 bridgehead atoms. The molecule has 2 atom stereocenters. The predicted octanol–water partition coefficient (Wildman–Crippen LogP) is 12.8. The van der Waals surface area contributed by atoms with E-state index in [0.717, 1.165) is 77.1 Å². The Hall–Kier alpha value is -6.69. The first-order valence-corrected chi connectivity index (χ1v) is 21.7. The Kier molecular flexibility index (Phi) is 8.15. The predicted molar refractivity (Wildman–Crippen MR) is 248 cm³/mol. The molecule has 284 valence electrons. The number of amidine groups is 1. The van der Waals surface area contributed by atoms with Crippen molar-refractivity contribution in [3.05, 3.63) is 201 Å². The molecule has 8 aromatic rings. The molecule has 0 N–H and O–H groups in total. The first-order chi connectivity index (χ1) is 29.3. The molecule has 5 heteroatoms. The van der Waals surface area contributed by atoms with Crippen molar-refractivity contribution in [2.75, 3.05) is 9.80 Å². The van der Waals surface area contributed by atoms with Gasteiger partial charge in [-0.25, -0.2) is 4.99 Å². The average Bonchev–Trinajstić information content (AvgIpc) is 3.88. The summed E-state index contributed by atoms with van der Waals surface area (Å²) in [5, 5.41) is 6.09. The zero-order valence-electron chi connectivity index (χ0n) is 32.6. The summed E-state index contributed by atoms with van der Waals surface area (Å²) in [6.45, 7) is 0. The van der Waals surface area contributed by atoms with Gasteiger partial charge >= 0.3 is 0 Å². The SMILES string of the molecule is C1=Cc2sc3cccc(C4=NC(c5ccccc5)N4c4ccc(N(C5=CCC(c6ccccc6)C=C5)c5ccc6ccccc6c5)c5oc6c(c45)=CCCC=6)c3c2CC1. The van der Waals surface area contributed by atoms with Gasteiger partial charge < -0.3 is 9.32 Å². The van der Waals surface area contributed by atoms with E-state index in [1.54, 1.807) is 0 Å². The lowest BCUT2D eigenvalue weighted by Crippen LogP contribution is -2.44. The van der Waals surface area contributed by atoms with E-state index in [4.69, 9.17) is 9.41 Å². The summed E-state index contributed by atoms with van der Waals surface area (Å²) in [5.74, 6) is 1.34. The van der Waals surface area contributed by atoms with Gasteiger partial charge in [0.25, 0.3) is 0 Å². The summed E-state index contributed by atoms with van der Waals surface area (Å²) in [6, 6.07) is 48.4. The van der Waals surface area contributed by atoms with Gasteiger partial charge in [-0.15, -0.1) is 11.3 Å². The molecule has 59 heavy (non-hydrogen) atoms. The molecule has 4 aliphatic rings. The number of hydrogen-bond donors (Lipinski definition) is 0. The van der Waals surface area contributed by atoms with Gasteiger partial charge in [0, 0.05) is 43.0 Å². The zero-order chi connectivity index (χ0) is 38.9. The molecular formula is C54H41N3OS. The molecule has 2 aromatic heterocycles. The smallest absolute Gasteiger partial charge is 0.161 e. The quantitative estimate of drug-likeness (QED) is 0.161. The lowest BCUT2D eigenvalue weighted by Gasteiger charge is -2.41. The van der Waals surface area contributed by atoms with Crippen LogP contribution in [0.1, 0.15) is 64.9 Å². The van der Waals surface area contributed by atoms with E-state index in [1.807, 2.05) is 11.3 Å². The van der Waals surface area contributed by atoms with Gasteiger partial charge in [-0.05, 0) is 108 Å². The molecule has 0 radical (unpaired) electrons. The first kappa shape index (κ1) is 34.4. The summed E-state index contributed by atoms with van der Waals surface area (Å²) in [5.41, 5.74) is 11.4. The fourth-order valence-electron chi connectivity index (χ4n) is 9.66. The highest BCUT2D eigenvalue weighted by atomic mass is 32.1. The third-order valence-corrected chi connectivity index (χ3v) is 13.7. The maximum Gasteiger partial charge on any atom is 0.161 e. The second-order valence-corrected chi connectivity index (χ2v) is 17.0. The van der Waals surface area contributed by atoms with Crippen molar-refractivity contribution in [1.82, 2.24) is 0 Å². The number of allylic oxidation sites excluding steroid dienone is 4. The summed E-state index contributed by atoms with van der Waals surface area (Å²) in [7, 11) is 0. The fourth-order valence-corrected chi connectivity index (χ4v) is 10.9. The zero-order valence-corrected chi connectivity index (χ0v) is 33.4. The minimum absolute atomic E-state index is 0.168. The Balaban J connectivity index is 1.07. The van der Waals surface area contributed by atoms with Crippen LogP contribution in [0.2, 0.25) is 0 Å². The highest BCUT2D eigenvalue weighted by Crippen LogP contribution is 2.47. The Morgan fingerprint density at radius 1 is 0.695 bits per heavy atom. The maximum atomic E-state index is 7.11. The normalized spacial score (nSPS) is 18.1. The summed E-state index contributed by atoms with van der Waals surface area (Å²) < 4.78 is 8.44. The van der Waals surface area contributed by atoms with Crippen LogP contribution in [0.5, 0.6) is 0 Å². The highest BCUT2D eigenvalue weighted by Gasteiger charge is 2.38. The van der Waals surface area contributed by atoms with Crippen LogP contribution in [0.25, 0.3) is 50.1 Å². The van der Waals surface area contributed by atoms with Crippen molar-refractivity contribution in [3.63, 3.8) is 0 Å². The molecule has 3 aliphatic carbocycles. The molecule has 0 saturated heterocycles. The van der Waals surface area contributed by atoms with Crippen LogP contribution in [-0.2, 0) is 6.42 Å². The number of aryl methyl sites for hydroxylation is 1. The third kappa shape index (κ3) is 5.67. The highest BCUT2D eigenvalue weighted by molar-refractivity contribution is 7.20. The van der Waals surface area contributed by atoms with Crippen LogP contribution in [0.3, 0.4) is 0 Å². The van der Waals surface area contributed by atoms with Crippen LogP contribution < -0.4 is 20.4 Å². The van der Waals surface area contributed by atoms with Gasteiger partial charge in [0.2, 0.25) is 0 Å². The molecule has 0 saturated carbocycles. The van der Waals surface area contributed by atoms with E-state index < -0.39 is 0 Å². The number of aliphatic imine (C=N–C) groups is 1. The van der Waals surface area contributed by atoms with Crippen LogP contribution in [-0.4, -0.2) is 5.84 Å². The standard InChI is InChI=1S/C54H41N3OS/c1-3-14-35(15-4-1)37-26-29-40(30-27-37)56(41-31-28-36-16-7-8-19-39(36)34-41)46-33-32-45(51-42-20-9-11-23-47(42)58-52(46)51)57-53(38-17-5-2-6-18-38)55-54(57)44-22-13-25-49-50(44)43-21-10-12-24-48(43)59-49/h1-8,12-20,22-26,28-34,37,53H,9-11,21,27H2. The van der Waals surface area contributed by atoms with Gasteiger partial charge in [0.05, 0.1) is 16.8 Å². The van der Waals surface area contributed by atoms with Crippen molar-refractivity contribution in [2.45, 2.75) is 44.2 Å². The molecule has 1 aliphatic heterocycles. The van der Waals surface area contributed by atoms with E-state index in [1.165, 1.54) is 53.2 Å². The van der Waals surface area contributed by atoms with Crippen LogP contribution >= 0.6 is 11.3 Å². The number of hydrogen-bond acceptors (Lipinski definition) is 5. The molecule has 12 rings (SSSR count). The minimum Gasteiger partial charge on any atom is -0.454 e. The van der Waals surface area contributed by atoms with E-state index in [0.29, 0.717) is 5.92 Å². The topological polar surface area (TPSA) is 32.0 Å². The van der Waals surface area contributed by atoms with E-state index >= 15 is 0 Å². The molecule has 2 unspecified atom stereocenters. The van der Waals surface area contributed by atoms with Crippen LogP contribution in [0.4, 0.5) is 17.1 Å². The Labute approximate surface area is 347 Å². The molecular weight excluding hydrogens is 739 g/mol. The average molecular weight is 780 g/mol. The van der Waals surface area contributed by atoms with Crippen molar-refractivity contribution in [1.29, 1.82) is 0 Å². The number of fused-ring (bicyclic) bond motifs is 7. The van der Waals surface area contributed by atoms with Crippen LogP contribution in [0, 0.1) is 0 Å². The number of anilines is 3. The van der Waals surface area contributed by atoms with Crippen LogP contribution in [0.15, 0.2) is 173 Å². The third-order valence-electron chi connectivity index (χ3n) is 12.5. The number of nitrogens with zero attached hydrogens (tertiary/aromatic N) is 3. The van der Waals surface area contributed by atoms with Crippen molar-refractivity contribution in [2.24, 2.45) is 4.99 Å². The summed E-state index contributed by atoms with van der Waals surface area (Å²) in [6.07, 6.45) is 21.2. The second-order valence-electron chi connectivity index (χ2n) is 16.0. The lowest BCUT2D eigenvalue weighted by atomic mass is 9.91. The van der Waals surface area contributed by atoms with Gasteiger partial charge in [-0.1, -0.05) is 127 Å². The molecule has 0 amide bonds. The summed E-state index contributed by atoms with van der Waals surface area (Å²) >= 11 is 1.90. The number of rotatable bonds is 7. The van der Waals surface area contributed by atoms with Gasteiger partial charge in [-0.2, -0.15) is 0 Å². The van der Waals surface area contributed by atoms with Gasteiger partial charge in [0.1, 0.15) is 11.3 Å². The number of thiophene rings is 1. The Morgan fingerprint density at radius 3 is 2.36 bits per heavy atom. The Bertz CT molecular complexity index is 3220. The second kappa shape index (κ2) is 14.0. The molecule has 4 nitrogen and oxygen atoms in total. The molecule has 6 aromatic carbocycles. The van der Waals surface area contributed by atoms with Gasteiger partial charge in [-0.3, -0.25) is 4.90 Å². The Morgan fingerprint density at radius 2 is 1.51 bits per heavy atom. The fraction of sp³-hybridized carbons (Fsp3) is 0.130. The van der Waals surface area contributed by atoms with Gasteiger partial charge in [0.15, 0.2) is 11.7 Å². The molecule has 3 heterocycles. The van der Waals surface area contributed by atoms with E-state index in [-0.39, 0.29) is 6.17 Å². The molecule has 0 fully saturated rings. The van der Waals surface area contributed by atoms with E-state index in [2.05, 4.69) is 186 Å². The molecule has 0 spiro atoms. The maximum absolute atomic E-state index is 7.11. The van der Waals surface area contributed by atoms with Crippen molar-refractivity contribution < 1.29 is 4.42 Å². The first-order valence-electron chi connectivity index (χ1n) is 20.9. The summed E-state index contributed by atoms with van der Waals surface area (Å²) in [4.78, 5) is 11.8. The number of furan rings is 1. The lowest BCUT2D eigenvalue weighted by molar-refractivity contribution is 0.572. The van der Waals surface area contributed by atoms with E-state index in [9.17, 15) is 0 Å².